The van der Waals surface area contributed by atoms with Crippen LogP contribution in [0, 0.1) is 5.82 Å². The molecular weight excluding hydrogens is 592 g/mol. The number of carbonyl (C=O) groups excluding carboxylic acids is 2. The van der Waals surface area contributed by atoms with E-state index in [4.69, 9.17) is 9.47 Å². The third-order valence-corrected chi connectivity index (χ3v) is 7.53. The summed E-state index contributed by atoms with van der Waals surface area (Å²) >= 11 is 0. The number of methoxy groups -OCH3 is 1. The molecule has 1 aliphatic carbocycles. The van der Waals surface area contributed by atoms with Crippen molar-refractivity contribution in [3.05, 3.63) is 45.3 Å². The predicted molar refractivity (Wildman–Crippen MR) is 164 cm³/mol. The zero-order valence-electron chi connectivity index (χ0n) is 26.5. The summed E-state index contributed by atoms with van der Waals surface area (Å²) in [7, 11) is 4.80. The number of aromatic nitrogens is 1. The number of piperidine rings is 1. The highest BCUT2D eigenvalue weighted by atomic mass is 19.1. The summed E-state index contributed by atoms with van der Waals surface area (Å²) in [5.41, 5.74) is -1.34. The molecule has 14 heteroatoms. The van der Waals surface area contributed by atoms with Crippen LogP contribution in [0.15, 0.2) is 28.5 Å². The molecule has 1 saturated heterocycles. The molecule has 246 valence electrons. The number of ether oxygens (including phenoxy) is 2. The van der Waals surface area contributed by atoms with Gasteiger partial charge >= 0.3 is 12.1 Å². The van der Waals surface area contributed by atoms with Crippen LogP contribution in [-0.2, 0) is 9.53 Å². The largest absolute Gasteiger partial charge is 0.492 e. The number of carbonyl (C=O) groups is 3. The van der Waals surface area contributed by atoms with Gasteiger partial charge in [-0.3, -0.25) is 9.59 Å². The molecule has 0 radical (unpaired) electrons. The third-order valence-electron chi connectivity index (χ3n) is 7.53. The number of anilines is 1. The van der Waals surface area contributed by atoms with Crippen molar-refractivity contribution in [2.45, 2.75) is 64.1 Å². The average molecular weight is 634 g/mol. The number of halogens is 2. The van der Waals surface area contributed by atoms with E-state index < -0.39 is 58.8 Å². The zero-order valence-corrected chi connectivity index (χ0v) is 26.5. The summed E-state index contributed by atoms with van der Waals surface area (Å²) in [6, 6.07) is -0.0348. The lowest BCUT2D eigenvalue weighted by atomic mass is 10.0. The Morgan fingerprint density at radius 1 is 1.22 bits per heavy atom. The summed E-state index contributed by atoms with van der Waals surface area (Å²) in [5.74, 6) is -3.31. The van der Waals surface area contributed by atoms with Crippen molar-refractivity contribution in [3.63, 3.8) is 0 Å². The van der Waals surface area contributed by atoms with Crippen LogP contribution < -0.4 is 25.7 Å². The van der Waals surface area contributed by atoms with Crippen LogP contribution >= 0.6 is 0 Å². The smallest absolute Gasteiger partial charge is 0.408 e. The van der Waals surface area contributed by atoms with E-state index in [1.807, 2.05) is 0 Å². The number of hydrogen-bond donors (Lipinski definition) is 3. The highest BCUT2D eigenvalue weighted by molar-refractivity contribution is 5.97. The van der Waals surface area contributed by atoms with Crippen molar-refractivity contribution in [3.8, 4) is 5.75 Å². The Kier molecular flexibility index (Phi) is 10.1. The molecule has 2 heterocycles. The zero-order chi connectivity index (χ0) is 33.2. The number of pyridine rings is 1. The summed E-state index contributed by atoms with van der Waals surface area (Å²) in [5, 5.41) is 14.5. The first-order chi connectivity index (χ1) is 21.1. The van der Waals surface area contributed by atoms with Gasteiger partial charge in [-0.05, 0) is 72.2 Å². The SMILES string of the molecule is COc1c(N2CCCC(=C(F)CNC(=O)[C@H](CN(C)C)NC(=O)OC(C)(C)C)C2)c(F)cc2c(=O)c(C(=O)O)cn(C3CC3)c12. The fraction of sp³-hybridized carbons (Fsp3) is 0.548. The first kappa shape index (κ1) is 33.7. The van der Waals surface area contributed by atoms with Gasteiger partial charge in [-0.25, -0.2) is 18.4 Å². The Bertz CT molecular complexity index is 1580. The minimum Gasteiger partial charge on any atom is -0.492 e. The van der Waals surface area contributed by atoms with Crippen LogP contribution in [0.2, 0.25) is 0 Å². The molecule has 0 spiro atoms. The molecule has 1 aromatic carbocycles. The maximum absolute atomic E-state index is 15.8. The van der Waals surface area contributed by atoms with E-state index in [-0.39, 0.29) is 36.0 Å². The van der Waals surface area contributed by atoms with Crippen molar-refractivity contribution < 1.29 is 37.7 Å². The van der Waals surface area contributed by atoms with Gasteiger partial charge in [0.25, 0.3) is 0 Å². The quantitative estimate of drug-likeness (QED) is 0.358. The number of amides is 2. The number of fused-ring (bicyclic) bond motifs is 1. The normalized spacial score (nSPS) is 17.2. The molecule has 2 amide bonds. The van der Waals surface area contributed by atoms with E-state index in [0.29, 0.717) is 30.5 Å². The third kappa shape index (κ3) is 7.91. The Balaban J connectivity index is 1.59. The summed E-state index contributed by atoms with van der Waals surface area (Å²) in [6.45, 7) is 5.18. The number of nitrogens with zero attached hydrogens (tertiary/aromatic N) is 3. The fourth-order valence-corrected chi connectivity index (χ4v) is 5.43. The molecule has 3 N–H and O–H groups in total. The minimum absolute atomic E-state index is 0.00134. The summed E-state index contributed by atoms with van der Waals surface area (Å²) < 4.78 is 43.9. The number of aromatic carboxylic acids is 1. The molecule has 45 heavy (non-hydrogen) atoms. The molecule has 1 aromatic heterocycles. The standard InChI is InChI=1S/C31H41F2N5O7/c1-31(2,3)45-30(43)35-23(16-36(4)5)28(40)34-13-22(33)17-8-7-11-37(14-17)25-21(32)12-19-24(27(25)44-6)38(18-9-10-18)15-20(26(19)39)29(41)42/h12,15,18,23H,7-11,13-14,16H2,1-6H3,(H,34,40)(H,35,43)(H,41,42)/t23-/m0/s1. The second-order valence-electron chi connectivity index (χ2n) is 12.7. The number of carboxylic acids is 1. The van der Waals surface area contributed by atoms with E-state index in [1.165, 1.54) is 13.3 Å². The van der Waals surface area contributed by atoms with Crippen molar-refractivity contribution in [2.24, 2.45) is 0 Å². The molecule has 0 bridgehead atoms. The lowest BCUT2D eigenvalue weighted by molar-refractivity contribution is -0.123. The lowest BCUT2D eigenvalue weighted by Crippen LogP contribution is -2.52. The number of likely N-dealkylation sites (N-methyl/N-ethyl adjacent to an activating group) is 1. The fourth-order valence-electron chi connectivity index (χ4n) is 5.43. The van der Waals surface area contributed by atoms with Gasteiger partial charge in [-0.15, -0.1) is 0 Å². The van der Waals surface area contributed by atoms with Gasteiger partial charge in [-0.1, -0.05) is 0 Å². The van der Waals surface area contributed by atoms with Crippen LogP contribution in [0.1, 0.15) is 62.9 Å². The van der Waals surface area contributed by atoms with Crippen molar-refractivity contribution in [2.75, 3.05) is 52.3 Å². The van der Waals surface area contributed by atoms with E-state index in [2.05, 4.69) is 10.6 Å². The second kappa shape index (κ2) is 13.4. The van der Waals surface area contributed by atoms with Crippen molar-refractivity contribution in [1.82, 2.24) is 20.1 Å². The van der Waals surface area contributed by atoms with E-state index in [0.717, 1.165) is 18.9 Å². The highest BCUT2D eigenvalue weighted by Gasteiger charge is 2.32. The van der Waals surface area contributed by atoms with Crippen LogP contribution in [0.25, 0.3) is 10.9 Å². The molecule has 0 unspecified atom stereocenters. The molecular formula is C31H41F2N5O7. The topological polar surface area (TPSA) is 142 Å². The number of benzene rings is 1. The number of alkyl carbamates (subject to hydrolysis) is 1. The molecule has 1 saturated carbocycles. The minimum atomic E-state index is -1.40. The molecule has 4 rings (SSSR count). The van der Waals surface area contributed by atoms with Crippen LogP contribution in [0.4, 0.5) is 19.3 Å². The first-order valence-corrected chi connectivity index (χ1v) is 14.8. The molecule has 1 aliphatic heterocycles. The van der Waals surface area contributed by atoms with Crippen LogP contribution in [-0.4, -0.2) is 91.6 Å². The van der Waals surface area contributed by atoms with E-state index in [9.17, 15) is 24.3 Å². The monoisotopic (exact) mass is 633 g/mol. The maximum Gasteiger partial charge on any atom is 0.408 e. The Morgan fingerprint density at radius 2 is 1.91 bits per heavy atom. The Labute approximate surface area is 259 Å². The number of carboxylic acid groups (broad SMARTS) is 1. The molecule has 2 fully saturated rings. The van der Waals surface area contributed by atoms with Crippen LogP contribution in [0.3, 0.4) is 0 Å². The highest BCUT2D eigenvalue weighted by Crippen LogP contribution is 2.44. The van der Waals surface area contributed by atoms with E-state index in [1.54, 1.807) is 49.2 Å². The number of hydrogen-bond acceptors (Lipinski definition) is 8. The van der Waals surface area contributed by atoms with Gasteiger partial charge in [-0.2, -0.15) is 0 Å². The average Bonchev–Trinajstić information content (AvgIpc) is 3.79. The number of nitrogens with one attached hydrogen (secondary N) is 2. The van der Waals surface area contributed by atoms with Gasteiger partial charge in [0.1, 0.15) is 28.7 Å². The second-order valence-corrected chi connectivity index (χ2v) is 12.7. The van der Waals surface area contributed by atoms with Crippen molar-refractivity contribution >= 4 is 34.6 Å². The summed E-state index contributed by atoms with van der Waals surface area (Å²) in [6.07, 6.45) is 2.89. The Morgan fingerprint density at radius 3 is 2.49 bits per heavy atom. The molecule has 12 nitrogen and oxygen atoms in total. The molecule has 2 aromatic rings. The predicted octanol–water partition coefficient (Wildman–Crippen LogP) is 3.58. The summed E-state index contributed by atoms with van der Waals surface area (Å²) in [4.78, 5) is 53.3. The molecule has 1 atom stereocenters. The van der Waals surface area contributed by atoms with Gasteiger partial charge in [0, 0.05) is 31.9 Å². The Hall–Kier alpha value is -4.20. The van der Waals surface area contributed by atoms with Crippen molar-refractivity contribution in [1.29, 1.82) is 0 Å². The molecule has 2 aliphatic rings. The van der Waals surface area contributed by atoms with Gasteiger partial charge in [0.05, 0.1) is 24.6 Å². The van der Waals surface area contributed by atoms with Crippen LogP contribution in [0.5, 0.6) is 5.75 Å². The first-order valence-electron chi connectivity index (χ1n) is 14.8. The number of rotatable bonds is 10. The van der Waals surface area contributed by atoms with Gasteiger partial charge in [0.2, 0.25) is 11.3 Å². The van der Waals surface area contributed by atoms with E-state index >= 15 is 8.78 Å². The maximum atomic E-state index is 15.8. The lowest BCUT2D eigenvalue weighted by Gasteiger charge is -2.33. The van der Waals surface area contributed by atoms with Gasteiger partial charge < -0.3 is 39.6 Å². The van der Waals surface area contributed by atoms with Gasteiger partial charge in [0.15, 0.2) is 11.6 Å².